The van der Waals surface area contributed by atoms with Gasteiger partial charge in [0.05, 0.1) is 10.6 Å². The first-order valence-corrected chi connectivity index (χ1v) is 15.1. The third-order valence-electron chi connectivity index (χ3n) is 6.63. The average molecular weight is 608 g/mol. The molecule has 10 nitrogen and oxygen atoms in total. The molecule has 1 aromatic heterocycles. The maximum absolute atomic E-state index is 13.3. The molecule has 3 aromatic carbocycles. The lowest BCUT2D eigenvalue weighted by Gasteiger charge is -2.34. The molecule has 0 atom stereocenters. The third kappa shape index (κ3) is 6.70. The minimum Gasteiger partial charge on any atom is -0.444 e. The fraction of sp³-hybridized carbons (Fsp3) is 0.267. The number of hydrogen-bond donors (Lipinski definition) is 1. The second-order valence-corrected chi connectivity index (χ2v) is 13.2. The van der Waals surface area contributed by atoms with E-state index in [2.05, 4.69) is 15.3 Å². The number of benzene rings is 3. The van der Waals surface area contributed by atoms with Gasteiger partial charge < -0.3 is 9.64 Å². The van der Waals surface area contributed by atoms with E-state index in [0.717, 1.165) is 16.3 Å². The van der Waals surface area contributed by atoms with Gasteiger partial charge in [0.1, 0.15) is 5.60 Å². The van der Waals surface area contributed by atoms with E-state index in [1.54, 1.807) is 92.4 Å². The lowest BCUT2D eigenvalue weighted by Crippen LogP contribution is -2.50. The Morgan fingerprint density at radius 2 is 1.57 bits per heavy atom. The summed E-state index contributed by atoms with van der Waals surface area (Å²) in [6.07, 6.45) is 0.867. The van der Waals surface area contributed by atoms with Crippen molar-refractivity contribution in [3.63, 3.8) is 0 Å². The smallest absolute Gasteiger partial charge is 0.414 e. The summed E-state index contributed by atoms with van der Waals surface area (Å²) in [5.74, 6) is -0.0843. The summed E-state index contributed by atoms with van der Waals surface area (Å²) in [4.78, 5) is 35.5. The van der Waals surface area contributed by atoms with Crippen molar-refractivity contribution >= 4 is 50.3 Å². The number of hydrogen-bond acceptors (Lipinski definition) is 7. The molecule has 0 spiro atoms. The normalized spacial score (nSPS) is 14.5. The van der Waals surface area contributed by atoms with E-state index in [4.69, 9.17) is 16.3 Å². The van der Waals surface area contributed by atoms with Gasteiger partial charge in [-0.25, -0.2) is 23.2 Å². The van der Waals surface area contributed by atoms with Crippen LogP contribution in [0.5, 0.6) is 0 Å². The minimum atomic E-state index is -3.72. The number of carbonyl (C=O) groups excluding carboxylic acids is 2. The number of piperazine rings is 1. The van der Waals surface area contributed by atoms with Crippen LogP contribution in [0.4, 0.5) is 10.7 Å². The highest BCUT2D eigenvalue weighted by atomic mass is 35.5. The van der Waals surface area contributed by atoms with Gasteiger partial charge in [-0.05, 0) is 74.0 Å². The van der Waals surface area contributed by atoms with Crippen molar-refractivity contribution in [2.45, 2.75) is 31.3 Å². The summed E-state index contributed by atoms with van der Waals surface area (Å²) in [5.41, 5.74) is 1.11. The van der Waals surface area contributed by atoms with Gasteiger partial charge >= 0.3 is 6.09 Å². The first kappa shape index (κ1) is 29.4. The number of ether oxygens (including phenoxy) is 1. The van der Waals surface area contributed by atoms with E-state index in [9.17, 15) is 18.0 Å². The van der Waals surface area contributed by atoms with Gasteiger partial charge in [0.15, 0.2) is 0 Å². The van der Waals surface area contributed by atoms with Crippen molar-refractivity contribution in [1.82, 2.24) is 19.2 Å². The Kier molecular flexibility index (Phi) is 8.18. The maximum atomic E-state index is 13.3. The molecule has 0 radical (unpaired) electrons. The number of halogens is 1. The zero-order valence-corrected chi connectivity index (χ0v) is 24.9. The van der Waals surface area contributed by atoms with Crippen molar-refractivity contribution < 1.29 is 22.7 Å². The van der Waals surface area contributed by atoms with E-state index in [-0.39, 0.29) is 42.9 Å². The summed E-state index contributed by atoms with van der Waals surface area (Å²) in [6, 6.07) is 18.9. The van der Waals surface area contributed by atoms with Crippen LogP contribution in [-0.4, -0.2) is 71.4 Å². The SMILES string of the molecule is CC(C)(C)OC(=O)Nc1nccc(-c2ccc(C(=O)N3CCN(S(=O)(=O)c4ccc5cc(Cl)ccc5c4)CC3)cc2)n1. The molecule has 1 saturated heterocycles. The predicted molar refractivity (Wildman–Crippen MR) is 161 cm³/mol. The first-order valence-electron chi connectivity index (χ1n) is 13.3. The molecule has 12 heteroatoms. The molecule has 218 valence electrons. The highest BCUT2D eigenvalue weighted by molar-refractivity contribution is 7.89. The molecule has 4 aromatic rings. The molecule has 0 bridgehead atoms. The Bertz CT molecular complexity index is 1750. The van der Waals surface area contributed by atoms with E-state index in [1.807, 2.05) is 0 Å². The Balaban J connectivity index is 1.21. The highest BCUT2D eigenvalue weighted by Crippen LogP contribution is 2.26. The molecule has 0 saturated carbocycles. The molecule has 1 N–H and O–H groups in total. The summed E-state index contributed by atoms with van der Waals surface area (Å²) in [7, 11) is -3.72. The van der Waals surface area contributed by atoms with Crippen LogP contribution in [0.2, 0.25) is 5.02 Å². The van der Waals surface area contributed by atoms with Gasteiger partial charge in [0, 0.05) is 48.5 Å². The van der Waals surface area contributed by atoms with Gasteiger partial charge in [-0.15, -0.1) is 0 Å². The Hall–Kier alpha value is -4.06. The zero-order chi connectivity index (χ0) is 30.1. The monoisotopic (exact) mass is 607 g/mol. The lowest BCUT2D eigenvalue weighted by molar-refractivity contribution is 0.0633. The van der Waals surface area contributed by atoms with Crippen molar-refractivity contribution in [2.75, 3.05) is 31.5 Å². The van der Waals surface area contributed by atoms with Crippen LogP contribution >= 0.6 is 11.6 Å². The number of rotatable bonds is 5. The minimum absolute atomic E-state index is 0.0998. The molecule has 5 rings (SSSR count). The van der Waals surface area contributed by atoms with Crippen LogP contribution in [0.25, 0.3) is 22.0 Å². The number of amides is 2. The molecule has 1 aliphatic heterocycles. The summed E-state index contributed by atoms with van der Waals surface area (Å²) in [5, 5.41) is 4.76. The van der Waals surface area contributed by atoms with Gasteiger partial charge in [-0.3, -0.25) is 10.1 Å². The second kappa shape index (κ2) is 11.7. The number of nitrogens with zero attached hydrogens (tertiary/aromatic N) is 4. The fourth-order valence-corrected chi connectivity index (χ4v) is 6.22. The van der Waals surface area contributed by atoms with E-state index in [0.29, 0.717) is 16.3 Å². The molecule has 0 aliphatic carbocycles. The van der Waals surface area contributed by atoms with Crippen LogP contribution in [-0.2, 0) is 14.8 Å². The van der Waals surface area contributed by atoms with Crippen molar-refractivity contribution in [1.29, 1.82) is 0 Å². The molecular weight excluding hydrogens is 578 g/mol. The molecule has 1 fully saturated rings. The molecule has 2 heterocycles. The van der Waals surface area contributed by atoms with E-state index in [1.165, 1.54) is 10.5 Å². The highest BCUT2D eigenvalue weighted by Gasteiger charge is 2.30. The Morgan fingerprint density at radius 1 is 0.905 bits per heavy atom. The molecular formula is C30H30ClN5O5S. The second-order valence-electron chi connectivity index (χ2n) is 10.8. The summed E-state index contributed by atoms with van der Waals surface area (Å²) < 4.78 is 33.3. The molecule has 0 unspecified atom stereocenters. The predicted octanol–water partition coefficient (Wildman–Crippen LogP) is 5.44. The number of sulfonamides is 1. The number of nitrogens with one attached hydrogen (secondary N) is 1. The standard InChI is InChI=1S/C30H30ClN5O5S/c1-30(2,3)41-29(38)34-28-32-13-12-26(33-28)20-4-6-21(7-5-20)27(37)35-14-16-36(17-15-35)42(39,40)25-11-9-22-18-24(31)10-8-23(22)19-25/h4-13,18-19H,14-17H2,1-3H3,(H,32,33,34,38). The largest absolute Gasteiger partial charge is 0.444 e. The number of fused-ring (bicyclic) bond motifs is 1. The Labute approximate surface area is 249 Å². The Morgan fingerprint density at radius 3 is 2.26 bits per heavy atom. The van der Waals surface area contributed by atoms with Crippen molar-refractivity contribution in [3.8, 4) is 11.3 Å². The van der Waals surface area contributed by atoms with E-state index >= 15 is 0 Å². The van der Waals surface area contributed by atoms with Crippen LogP contribution < -0.4 is 5.32 Å². The van der Waals surface area contributed by atoms with Gasteiger partial charge in [0.25, 0.3) is 5.91 Å². The topological polar surface area (TPSA) is 122 Å². The first-order chi connectivity index (χ1) is 19.9. The molecule has 2 amide bonds. The lowest BCUT2D eigenvalue weighted by atomic mass is 10.1. The van der Waals surface area contributed by atoms with Gasteiger partial charge in [0.2, 0.25) is 16.0 Å². The molecule has 1 aliphatic rings. The summed E-state index contributed by atoms with van der Waals surface area (Å²) >= 11 is 6.05. The number of aromatic nitrogens is 2. The number of carbonyl (C=O) groups is 2. The van der Waals surface area contributed by atoms with Crippen LogP contribution in [0.1, 0.15) is 31.1 Å². The third-order valence-corrected chi connectivity index (χ3v) is 8.76. The zero-order valence-electron chi connectivity index (χ0n) is 23.4. The average Bonchev–Trinajstić information content (AvgIpc) is 2.95. The van der Waals surface area contributed by atoms with Gasteiger partial charge in [-0.1, -0.05) is 35.9 Å². The quantitative estimate of drug-likeness (QED) is 0.320. The molecule has 42 heavy (non-hydrogen) atoms. The van der Waals surface area contributed by atoms with Gasteiger partial charge in [-0.2, -0.15) is 4.31 Å². The van der Waals surface area contributed by atoms with Crippen LogP contribution in [0.3, 0.4) is 0 Å². The van der Waals surface area contributed by atoms with E-state index < -0.39 is 21.7 Å². The summed E-state index contributed by atoms with van der Waals surface area (Å²) in [6.45, 7) is 6.22. The fourth-order valence-electron chi connectivity index (χ4n) is 4.58. The van der Waals surface area contributed by atoms with Crippen LogP contribution in [0.15, 0.2) is 77.8 Å². The van der Waals surface area contributed by atoms with Crippen LogP contribution in [0, 0.1) is 0 Å². The van der Waals surface area contributed by atoms with Crippen molar-refractivity contribution in [2.24, 2.45) is 0 Å². The van der Waals surface area contributed by atoms with Crippen molar-refractivity contribution in [3.05, 3.63) is 83.5 Å². The number of anilines is 1. The maximum Gasteiger partial charge on any atom is 0.414 e.